The van der Waals surface area contributed by atoms with Crippen LogP contribution in [0, 0.1) is 6.92 Å². The molecule has 3 aromatic heterocycles. The minimum atomic E-state index is -0.386. The van der Waals surface area contributed by atoms with Gasteiger partial charge in [-0.15, -0.1) is 0 Å². The third-order valence-corrected chi connectivity index (χ3v) is 5.39. The van der Waals surface area contributed by atoms with E-state index >= 15 is 0 Å². The lowest BCUT2D eigenvalue weighted by Crippen LogP contribution is -2.07. The van der Waals surface area contributed by atoms with E-state index in [1.54, 1.807) is 24.5 Å². The number of nitrogens with one attached hydrogen (secondary N) is 2. The first kappa shape index (κ1) is 20.6. The van der Waals surface area contributed by atoms with Crippen LogP contribution in [0.5, 0.6) is 0 Å². The van der Waals surface area contributed by atoms with Crippen LogP contribution in [0.15, 0.2) is 60.9 Å². The number of benzene rings is 2. The van der Waals surface area contributed by atoms with Gasteiger partial charge in [0.25, 0.3) is 0 Å². The van der Waals surface area contributed by atoms with Gasteiger partial charge in [0.15, 0.2) is 0 Å². The number of methoxy groups -OCH3 is 1. The molecule has 0 aliphatic heterocycles. The van der Waals surface area contributed by atoms with Gasteiger partial charge in [-0.2, -0.15) is 0 Å². The molecule has 2 aromatic carbocycles. The van der Waals surface area contributed by atoms with Crippen molar-refractivity contribution < 1.29 is 9.53 Å². The van der Waals surface area contributed by atoms with Crippen LogP contribution in [-0.4, -0.2) is 38.0 Å². The summed E-state index contributed by atoms with van der Waals surface area (Å²) >= 11 is 0. The van der Waals surface area contributed by atoms with Crippen molar-refractivity contribution in [2.24, 2.45) is 0 Å². The Kier molecular flexibility index (Phi) is 5.40. The fraction of sp³-hybridized carbons (Fsp3) is 0.160. The van der Waals surface area contributed by atoms with E-state index < -0.39 is 0 Å². The number of carbonyl (C=O) groups excluding carboxylic acids is 1. The molecule has 0 saturated carbocycles. The molecule has 164 valence electrons. The Hall–Kier alpha value is -4.33. The van der Waals surface area contributed by atoms with Crippen molar-refractivity contribution in [3.8, 4) is 0 Å². The lowest BCUT2D eigenvalue weighted by Gasteiger charge is -2.09. The van der Waals surface area contributed by atoms with E-state index in [4.69, 9.17) is 14.7 Å². The molecule has 8 nitrogen and oxygen atoms in total. The van der Waals surface area contributed by atoms with E-state index in [2.05, 4.69) is 32.4 Å². The predicted molar refractivity (Wildman–Crippen MR) is 126 cm³/mol. The number of H-pyrrole nitrogens is 1. The number of hydrogen-bond acceptors (Lipinski definition) is 7. The van der Waals surface area contributed by atoms with E-state index in [0.717, 1.165) is 33.2 Å². The quantitative estimate of drug-likeness (QED) is 0.383. The van der Waals surface area contributed by atoms with E-state index in [-0.39, 0.29) is 5.97 Å². The number of ether oxygens (including phenoxy) is 1. The number of aromatic nitrogens is 5. The number of hydrogen-bond donors (Lipinski definition) is 2. The molecule has 5 rings (SSSR count). The Morgan fingerprint density at radius 2 is 1.91 bits per heavy atom. The Morgan fingerprint density at radius 3 is 2.67 bits per heavy atom. The first-order valence-corrected chi connectivity index (χ1v) is 10.6. The molecule has 0 unspecified atom stereocenters. The van der Waals surface area contributed by atoms with Crippen molar-refractivity contribution in [1.82, 2.24) is 24.9 Å². The average molecular weight is 438 g/mol. The zero-order valence-electron chi connectivity index (χ0n) is 18.3. The summed E-state index contributed by atoms with van der Waals surface area (Å²) in [7, 11) is 1.37. The van der Waals surface area contributed by atoms with Gasteiger partial charge in [0.2, 0.25) is 0 Å². The molecule has 0 bridgehead atoms. The molecule has 0 spiro atoms. The molecule has 0 atom stereocenters. The molecular weight excluding hydrogens is 416 g/mol. The number of nitrogens with zero attached hydrogens (tertiary/aromatic N) is 4. The second-order valence-corrected chi connectivity index (χ2v) is 7.75. The van der Waals surface area contributed by atoms with E-state index in [0.29, 0.717) is 35.8 Å². The van der Waals surface area contributed by atoms with Gasteiger partial charge in [-0.25, -0.2) is 14.8 Å². The predicted octanol–water partition coefficient (Wildman–Crippen LogP) is 4.20. The molecule has 8 heteroatoms. The average Bonchev–Trinajstić information content (AvgIpc) is 3.21. The Morgan fingerprint density at radius 1 is 1.06 bits per heavy atom. The highest BCUT2D eigenvalue weighted by Gasteiger charge is 2.16. The highest BCUT2D eigenvalue weighted by Crippen LogP contribution is 2.31. The van der Waals surface area contributed by atoms with Gasteiger partial charge in [-0.05, 0) is 24.6 Å². The summed E-state index contributed by atoms with van der Waals surface area (Å²) < 4.78 is 4.86. The Bertz CT molecular complexity index is 1450. The summed E-state index contributed by atoms with van der Waals surface area (Å²) in [6, 6.07) is 15.5. The van der Waals surface area contributed by atoms with Gasteiger partial charge < -0.3 is 15.0 Å². The molecular formula is C25H22N6O2. The molecule has 0 amide bonds. The van der Waals surface area contributed by atoms with Crippen LogP contribution in [-0.2, 0) is 17.7 Å². The second kappa shape index (κ2) is 8.66. The molecule has 0 saturated heterocycles. The third-order valence-electron chi connectivity index (χ3n) is 5.39. The van der Waals surface area contributed by atoms with Gasteiger partial charge >= 0.3 is 5.97 Å². The van der Waals surface area contributed by atoms with Crippen LogP contribution in [0.3, 0.4) is 0 Å². The number of anilines is 1. The summed E-state index contributed by atoms with van der Waals surface area (Å²) in [6.45, 7) is 2.37. The zero-order chi connectivity index (χ0) is 22.8. The standard InChI is InChI=1S/C25H22N6O2/c1-15-12-27-18(13-26-15)14-28-23-22-19-9-8-17(25(32)33-2)11-20(19)29-24(22)31-21(30-23)10-16-6-4-3-5-7-16/h3-9,11-13H,10,14H2,1-2H3,(H2,28,29,30,31). The van der Waals surface area contributed by atoms with Crippen molar-refractivity contribution in [3.05, 3.63) is 89.3 Å². The molecule has 3 heterocycles. The number of rotatable bonds is 6. The lowest BCUT2D eigenvalue weighted by atomic mass is 10.1. The van der Waals surface area contributed by atoms with Gasteiger partial charge in [0, 0.05) is 23.5 Å². The molecule has 0 radical (unpaired) electrons. The number of carbonyl (C=O) groups is 1. The number of fused-ring (bicyclic) bond motifs is 3. The van der Waals surface area contributed by atoms with Crippen LogP contribution in [0.1, 0.15) is 33.1 Å². The highest BCUT2D eigenvalue weighted by molar-refractivity contribution is 6.12. The molecule has 33 heavy (non-hydrogen) atoms. The number of esters is 1. The molecule has 5 aromatic rings. The van der Waals surface area contributed by atoms with Crippen LogP contribution in [0.2, 0.25) is 0 Å². The molecule has 0 aliphatic carbocycles. The first-order valence-electron chi connectivity index (χ1n) is 10.6. The smallest absolute Gasteiger partial charge is 0.337 e. The summed E-state index contributed by atoms with van der Waals surface area (Å²) in [5, 5.41) is 5.19. The SMILES string of the molecule is COC(=O)c1ccc2c(c1)[nH]c1nc(Cc3ccccc3)nc(NCc3cnc(C)cn3)c12. The fourth-order valence-electron chi connectivity index (χ4n) is 3.76. The Labute approximate surface area is 190 Å². The fourth-order valence-corrected chi connectivity index (χ4v) is 3.76. The summed E-state index contributed by atoms with van der Waals surface area (Å²) in [6.07, 6.45) is 4.09. The van der Waals surface area contributed by atoms with Gasteiger partial charge in [0.05, 0.1) is 42.2 Å². The third kappa shape index (κ3) is 4.23. The largest absolute Gasteiger partial charge is 0.465 e. The van der Waals surface area contributed by atoms with Crippen LogP contribution in [0.4, 0.5) is 5.82 Å². The summed E-state index contributed by atoms with van der Waals surface area (Å²) in [5.74, 6) is 0.999. The molecule has 2 N–H and O–H groups in total. The van der Waals surface area contributed by atoms with Crippen molar-refractivity contribution >= 4 is 33.7 Å². The highest BCUT2D eigenvalue weighted by atomic mass is 16.5. The van der Waals surface area contributed by atoms with Gasteiger partial charge in [-0.3, -0.25) is 9.97 Å². The first-order chi connectivity index (χ1) is 16.1. The van der Waals surface area contributed by atoms with Crippen molar-refractivity contribution in [2.75, 3.05) is 12.4 Å². The van der Waals surface area contributed by atoms with Crippen molar-refractivity contribution in [3.63, 3.8) is 0 Å². The maximum Gasteiger partial charge on any atom is 0.337 e. The maximum absolute atomic E-state index is 12.0. The van der Waals surface area contributed by atoms with Crippen molar-refractivity contribution in [2.45, 2.75) is 19.9 Å². The summed E-state index contributed by atoms with van der Waals surface area (Å²) in [5.41, 5.74) is 4.76. The second-order valence-electron chi connectivity index (χ2n) is 7.75. The van der Waals surface area contributed by atoms with E-state index in [1.165, 1.54) is 7.11 Å². The normalized spacial score (nSPS) is 11.1. The number of aromatic amines is 1. The number of aryl methyl sites for hydroxylation is 1. The molecule has 0 aliphatic rings. The van der Waals surface area contributed by atoms with E-state index in [9.17, 15) is 4.79 Å². The van der Waals surface area contributed by atoms with Crippen LogP contribution in [0.25, 0.3) is 21.9 Å². The van der Waals surface area contributed by atoms with Gasteiger partial charge in [0.1, 0.15) is 17.3 Å². The minimum Gasteiger partial charge on any atom is -0.465 e. The van der Waals surface area contributed by atoms with Gasteiger partial charge in [-0.1, -0.05) is 36.4 Å². The minimum absolute atomic E-state index is 0.386. The molecule has 0 fully saturated rings. The maximum atomic E-state index is 12.0. The monoisotopic (exact) mass is 438 g/mol. The van der Waals surface area contributed by atoms with E-state index in [1.807, 2.05) is 31.2 Å². The summed E-state index contributed by atoms with van der Waals surface area (Å²) in [4.78, 5) is 33.7. The van der Waals surface area contributed by atoms with Crippen molar-refractivity contribution in [1.29, 1.82) is 0 Å². The zero-order valence-corrected chi connectivity index (χ0v) is 18.3. The van der Waals surface area contributed by atoms with Crippen LogP contribution < -0.4 is 5.32 Å². The topological polar surface area (TPSA) is 106 Å². The lowest BCUT2D eigenvalue weighted by molar-refractivity contribution is 0.0601. The Balaban J connectivity index is 1.59. The van der Waals surface area contributed by atoms with Crippen LogP contribution >= 0.6 is 0 Å².